The molecule has 6 aromatic rings. The largest absolute Gasteiger partial charge is 0.341 e. The Kier molecular flexibility index (Phi) is 13.0. The van der Waals surface area contributed by atoms with Gasteiger partial charge in [0, 0.05) is 47.4 Å². The van der Waals surface area contributed by atoms with Crippen molar-refractivity contribution in [2.45, 2.75) is 27.8 Å². The molecule has 0 unspecified atom stereocenters. The zero-order valence-electron chi connectivity index (χ0n) is 31.2. The highest BCUT2D eigenvalue weighted by Gasteiger charge is 2.28. The summed E-state index contributed by atoms with van der Waals surface area (Å²) < 4.78 is 95.3. The van der Waals surface area contributed by atoms with E-state index < -0.39 is 47.8 Å². The minimum absolute atomic E-state index is 0.0251. The van der Waals surface area contributed by atoms with Gasteiger partial charge in [0.2, 0.25) is 0 Å². The van der Waals surface area contributed by atoms with Crippen molar-refractivity contribution in [2.75, 3.05) is 26.3 Å². The maximum Gasteiger partial charge on any atom is 0.341 e. The smallest absolute Gasteiger partial charge is 0.306 e. The first kappa shape index (κ1) is 43.0. The Morgan fingerprint density at radius 1 is 0.600 bits per heavy atom. The van der Waals surface area contributed by atoms with Crippen LogP contribution in [0, 0.1) is 5.82 Å². The first-order valence-electron chi connectivity index (χ1n) is 17.4. The van der Waals surface area contributed by atoms with Gasteiger partial charge in [-0.1, -0.05) is 29.8 Å². The van der Waals surface area contributed by atoms with Gasteiger partial charge in [-0.2, -0.15) is 0 Å². The molecule has 0 aliphatic carbocycles. The van der Waals surface area contributed by atoms with Gasteiger partial charge < -0.3 is 10.6 Å². The zero-order valence-corrected chi connectivity index (χ0v) is 34.4. The average molecular weight is 893 g/mol. The number of benzene rings is 4. The number of carbonyl (C=O) groups is 2. The van der Waals surface area contributed by atoms with E-state index in [1.54, 1.807) is 24.3 Å². The van der Waals surface area contributed by atoms with Crippen LogP contribution in [-0.2, 0) is 43.0 Å². The van der Waals surface area contributed by atoms with E-state index in [0.29, 0.717) is 11.1 Å². The Bertz CT molecular complexity index is 2850. The topological polar surface area (TPSA) is 217 Å². The zero-order chi connectivity index (χ0) is 43.1. The number of hydrazine groups is 1. The summed E-state index contributed by atoms with van der Waals surface area (Å²) in [5, 5.41) is 7.65. The fourth-order valence-corrected chi connectivity index (χ4v) is 8.40. The third-order valence-electron chi connectivity index (χ3n) is 8.39. The fourth-order valence-electron chi connectivity index (χ4n) is 5.45. The molecule has 2 heterocycles. The third kappa shape index (κ3) is 11.1. The predicted molar refractivity (Wildman–Crippen MR) is 223 cm³/mol. The number of pyridine rings is 2. The SMILES string of the molecule is CS(=O)(=O)c1cccc(NS(=O)(=O)c2ccc(NC(=O)N(Cc3cccnc3)N(Cc3cccnc3)C(=O)Nc3ccc(S(=O)(=O)Nc4ccc(Cl)cc4F)cc3)cc2)c1. The molecule has 4 N–H and O–H groups in total. The summed E-state index contributed by atoms with van der Waals surface area (Å²) in [6.07, 6.45) is 7.07. The number of sulfone groups is 1. The molecule has 16 nitrogen and oxygen atoms in total. The van der Waals surface area contributed by atoms with Gasteiger partial charge in [0.1, 0.15) is 5.82 Å². The van der Waals surface area contributed by atoms with E-state index in [-0.39, 0.29) is 55.5 Å². The summed E-state index contributed by atoms with van der Waals surface area (Å²) in [5.41, 5.74) is 1.06. The van der Waals surface area contributed by atoms with Gasteiger partial charge >= 0.3 is 12.1 Å². The molecule has 0 spiro atoms. The fraction of sp³-hybridized carbons (Fsp3) is 0.0769. The highest BCUT2D eigenvalue weighted by atomic mass is 35.5. The molecule has 4 amide bonds. The number of rotatable bonds is 13. The van der Waals surface area contributed by atoms with Gasteiger partial charge in [-0.15, -0.1) is 0 Å². The van der Waals surface area contributed by atoms with E-state index in [1.807, 2.05) is 0 Å². The number of hydrogen-bond acceptors (Lipinski definition) is 10. The summed E-state index contributed by atoms with van der Waals surface area (Å²) in [4.78, 5) is 36.0. The van der Waals surface area contributed by atoms with Crippen LogP contribution in [0.4, 0.5) is 36.7 Å². The van der Waals surface area contributed by atoms with Crippen LogP contribution >= 0.6 is 11.6 Å². The Morgan fingerprint density at radius 3 is 1.55 bits per heavy atom. The highest BCUT2D eigenvalue weighted by Crippen LogP contribution is 2.25. The first-order chi connectivity index (χ1) is 28.5. The quantitative estimate of drug-likeness (QED) is 0.0875. The van der Waals surface area contributed by atoms with Crippen molar-refractivity contribution in [3.05, 3.63) is 162 Å². The Morgan fingerprint density at radius 2 is 1.10 bits per heavy atom. The molecule has 0 atom stereocenters. The molecule has 21 heteroatoms. The molecule has 6 rings (SSSR count). The molecule has 0 radical (unpaired) electrons. The van der Waals surface area contributed by atoms with Crippen molar-refractivity contribution >= 4 is 76.3 Å². The third-order valence-corrected chi connectivity index (χ3v) is 12.5. The number of aromatic nitrogens is 2. The van der Waals surface area contributed by atoms with Crippen LogP contribution in [0.1, 0.15) is 11.1 Å². The van der Waals surface area contributed by atoms with Gasteiger partial charge in [-0.05, 0) is 108 Å². The second-order valence-corrected chi connectivity index (χ2v) is 18.7. The molecule has 60 heavy (non-hydrogen) atoms. The van der Waals surface area contributed by atoms with Crippen molar-refractivity contribution in [1.29, 1.82) is 0 Å². The monoisotopic (exact) mass is 892 g/mol. The maximum atomic E-state index is 14.3. The van der Waals surface area contributed by atoms with Crippen molar-refractivity contribution in [3.63, 3.8) is 0 Å². The van der Waals surface area contributed by atoms with Gasteiger partial charge in [0.25, 0.3) is 20.0 Å². The summed E-state index contributed by atoms with van der Waals surface area (Å²) in [6, 6.07) is 24.0. The minimum atomic E-state index is -4.26. The second-order valence-electron chi connectivity index (χ2n) is 12.9. The molecule has 0 aliphatic rings. The molecular formula is C39H34ClFN8O8S3. The lowest BCUT2D eigenvalue weighted by molar-refractivity contribution is 0.0466. The van der Waals surface area contributed by atoms with E-state index in [4.69, 9.17) is 11.6 Å². The first-order valence-corrected chi connectivity index (χ1v) is 22.7. The molecule has 310 valence electrons. The van der Waals surface area contributed by atoms with Gasteiger partial charge in [-0.3, -0.25) is 19.4 Å². The summed E-state index contributed by atoms with van der Waals surface area (Å²) in [6.45, 7) is -0.361. The van der Waals surface area contributed by atoms with Crippen LogP contribution in [0.15, 0.2) is 155 Å². The van der Waals surface area contributed by atoms with E-state index in [9.17, 15) is 39.2 Å². The van der Waals surface area contributed by atoms with Crippen LogP contribution < -0.4 is 20.1 Å². The average Bonchev–Trinajstić information content (AvgIpc) is 3.21. The lowest BCUT2D eigenvalue weighted by Crippen LogP contribution is -2.52. The molecule has 0 aliphatic heterocycles. The number of hydrogen-bond donors (Lipinski definition) is 4. The van der Waals surface area contributed by atoms with Crippen molar-refractivity contribution < 1.29 is 39.2 Å². The van der Waals surface area contributed by atoms with Gasteiger partial charge in [-0.25, -0.2) is 49.3 Å². The summed E-state index contributed by atoms with van der Waals surface area (Å²) >= 11 is 5.78. The number of amides is 4. The van der Waals surface area contributed by atoms with E-state index in [1.165, 1.54) is 110 Å². The van der Waals surface area contributed by atoms with Crippen LogP contribution in [0.3, 0.4) is 0 Å². The molecule has 2 aromatic heterocycles. The molecule has 0 bridgehead atoms. The number of halogens is 2. The maximum absolute atomic E-state index is 14.3. The Balaban J connectivity index is 1.24. The Labute approximate surface area is 350 Å². The highest BCUT2D eigenvalue weighted by molar-refractivity contribution is 7.93. The van der Waals surface area contributed by atoms with E-state index in [0.717, 1.165) is 22.3 Å². The van der Waals surface area contributed by atoms with Crippen molar-refractivity contribution in [2.24, 2.45) is 0 Å². The number of sulfonamides is 2. The van der Waals surface area contributed by atoms with Crippen molar-refractivity contribution in [1.82, 2.24) is 20.0 Å². The van der Waals surface area contributed by atoms with Crippen LogP contribution in [-0.4, -0.2) is 63.6 Å². The standard InChI is InChI=1S/C39H34ClFN8O8S3/c1-58(52,53)35-8-2-7-32(22-35)46-59(54,55)33-14-10-30(11-15-33)44-38(50)48(25-27-5-3-19-42-23-27)49(26-28-6-4-20-43-24-28)39(51)45-31-12-16-34(17-13-31)60(56,57)47-37-18-9-29(40)21-36(37)41/h2-24,46-47H,25-26H2,1H3,(H,44,50)(H,45,51). The summed E-state index contributed by atoms with van der Waals surface area (Å²) in [5.74, 6) is -0.877. The lowest BCUT2D eigenvalue weighted by Gasteiger charge is -2.35. The van der Waals surface area contributed by atoms with E-state index >= 15 is 0 Å². The molecular weight excluding hydrogens is 859 g/mol. The number of urea groups is 2. The molecule has 0 saturated heterocycles. The van der Waals surface area contributed by atoms with Gasteiger partial charge in [0.15, 0.2) is 9.84 Å². The number of anilines is 4. The molecule has 0 fully saturated rings. The number of nitrogens with one attached hydrogen (secondary N) is 4. The van der Waals surface area contributed by atoms with Crippen LogP contribution in [0.25, 0.3) is 0 Å². The van der Waals surface area contributed by atoms with E-state index in [2.05, 4.69) is 30.0 Å². The minimum Gasteiger partial charge on any atom is -0.306 e. The number of nitrogens with zero attached hydrogens (tertiary/aromatic N) is 4. The van der Waals surface area contributed by atoms with Crippen LogP contribution in [0.5, 0.6) is 0 Å². The predicted octanol–water partition coefficient (Wildman–Crippen LogP) is 6.96. The molecule has 0 saturated carbocycles. The van der Waals surface area contributed by atoms with Gasteiger partial charge in [0.05, 0.1) is 39.2 Å². The normalized spacial score (nSPS) is 11.6. The second kappa shape index (κ2) is 18.1. The van der Waals surface area contributed by atoms with Crippen molar-refractivity contribution in [3.8, 4) is 0 Å². The molecule has 4 aromatic carbocycles. The summed E-state index contributed by atoms with van der Waals surface area (Å²) in [7, 11) is -12.1. The lowest BCUT2D eigenvalue weighted by atomic mass is 10.2. The number of carbonyl (C=O) groups excluding carboxylic acids is 2. The van der Waals surface area contributed by atoms with Crippen LogP contribution in [0.2, 0.25) is 5.02 Å². The Hall–Kier alpha value is -6.61.